The molecule has 4 nitrogen and oxygen atoms in total. The second-order valence-electron chi connectivity index (χ2n) is 5.04. The Kier molecular flexibility index (Phi) is 4.62. The molecule has 1 amide bonds. The van der Waals surface area contributed by atoms with E-state index in [0.29, 0.717) is 25.3 Å². The number of halogens is 1. The summed E-state index contributed by atoms with van der Waals surface area (Å²) in [5, 5.41) is 14.0. The largest absolute Gasteiger partial charge is 0.481 e. The highest BCUT2D eigenvalue weighted by Gasteiger charge is 2.41. The van der Waals surface area contributed by atoms with Gasteiger partial charge in [0.2, 0.25) is 5.91 Å². The van der Waals surface area contributed by atoms with Crippen LogP contribution in [0.5, 0.6) is 0 Å². The van der Waals surface area contributed by atoms with Crippen molar-refractivity contribution in [3.05, 3.63) is 20.8 Å². The minimum absolute atomic E-state index is 0.142. The van der Waals surface area contributed by atoms with E-state index in [-0.39, 0.29) is 5.91 Å². The summed E-state index contributed by atoms with van der Waals surface area (Å²) in [6, 6.07) is 1.93. The van der Waals surface area contributed by atoms with Gasteiger partial charge in [-0.05, 0) is 46.1 Å². The number of carbonyl (C=O) groups is 2. The van der Waals surface area contributed by atoms with Crippen LogP contribution in [0.2, 0.25) is 0 Å². The van der Waals surface area contributed by atoms with E-state index in [1.807, 2.05) is 18.4 Å². The zero-order valence-electron chi connectivity index (χ0n) is 10.6. The van der Waals surface area contributed by atoms with Gasteiger partial charge in [0.05, 0.1) is 18.4 Å². The average Bonchev–Trinajstić information content (AvgIpc) is 2.92. The fourth-order valence-corrected chi connectivity index (χ4v) is 4.04. The van der Waals surface area contributed by atoms with Gasteiger partial charge in [-0.3, -0.25) is 9.59 Å². The average molecular weight is 346 g/mol. The maximum atomic E-state index is 12.1. The number of carboxylic acids is 1. The van der Waals surface area contributed by atoms with Gasteiger partial charge in [0.25, 0.3) is 0 Å². The smallest absolute Gasteiger partial charge is 0.307 e. The number of rotatable bonds is 4. The highest BCUT2D eigenvalue weighted by molar-refractivity contribution is 9.10. The Morgan fingerprint density at radius 1 is 1.47 bits per heavy atom. The second-order valence-corrected chi connectivity index (χ2v) is 6.89. The molecule has 6 heteroatoms. The van der Waals surface area contributed by atoms with Crippen molar-refractivity contribution in [2.45, 2.75) is 26.3 Å². The highest BCUT2D eigenvalue weighted by atomic mass is 79.9. The SMILES string of the molecule is CC1C[C@H](C(=O)NCc2sccc2Br)[C@H](C(=O)O)C1. The van der Waals surface area contributed by atoms with Crippen LogP contribution >= 0.6 is 27.3 Å². The van der Waals surface area contributed by atoms with E-state index >= 15 is 0 Å². The maximum Gasteiger partial charge on any atom is 0.307 e. The van der Waals surface area contributed by atoms with Crippen molar-refractivity contribution in [1.29, 1.82) is 0 Å². The van der Waals surface area contributed by atoms with E-state index in [1.54, 1.807) is 11.3 Å². The molecule has 1 unspecified atom stereocenters. The summed E-state index contributed by atoms with van der Waals surface area (Å²) in [4.78, 5) is 24.3. The van der Waals surface area contributed by atoms with Crippen molar-refractivity contribution in [1.82, 2.24) is 5.32 Å². The predicted molar refractivity (Wildman–Crippen MR) is 76.9 cm³/mol. The Bertz CT molecular complexity index is 488. The van der Waals surface area contributed by atoms with Gasteiger partial charge in [0, 0.05) is 9.35 Å². The Morgan fingerprint density at radius 2 is 2.16 bits per heavy atom. The molecule has 0 saturated heterocycles. The van der Waals surface area contributed by atoms with Crippen LogP contribution in [0.4, 0.5) is 0 Å². The number of thiophene rings is 1. The van der Waals surface area contributed by atoms with E-state index in [2.05, 4.69) is 21.2 Å². The Morgan fingerprint density at radius 3 is 2.74 bits per heavy atom. The van der Waals surface area contributed by atoms with E-state index in [4.69, 9.17) is 5.11 Å². The summed E-state index contributed by atoms with van der Waals surface area (Å²) < 4.78 is 0.979. The molecule has 3 atom stereocenters. The van der Waals surface area contributed by atoms with Crippen LogP contribution in [-0.2, 0) is 16.1 Å². The van der Waals surface area contributed by atoms with Gasteiger partial charge in [-0.1, -0.05) is 6.92 Å². The number of carboxylic acid groups (broad SMARTS) is 1. The van der Waals surface area contributed by atoms with Crippen molar-refractivity contribution in [3.63, 3.8) is 0 Å². The van der Waals surface area contributed by atoms with E-state index in [0.717, 1.165) is 9.35 Å². The molecule has 1 fully saturated rings. The van der Waals surface area contributed by atoms with Crippen LogP contribution in [0.3, 0.4) is 0 Å². The van der Waals surface area contributed by atoms with E-state index in [1.165, 1.54) is 0 Å². The van der Waals surface area contributed by atoms with Crippen molar-refractivity contribution in [2.24, 2.45) is 17.8 Å². The van der Waals surface area contributed by atoms with Crippen LogP contribution in [0.15, 0.2) is 15.9 Å². The highest BCUT2D eigenvalue weighted by Crippen LogP contribution is 2.36. The second kappa shape index (κ2) is 6.05. The third kappa shape index (κ3) is 3.36. The lowest BCUT2D eigenvalue weighted by Gasteiger charge is -2.15. The third-order valence-electron chi connectivity index (χ3n) is 3.57. The molecule has 19 heavy (non-hydrogen) atoms. The van der Waals surface area contributed by atoms with Crippen molar-refractivity contribution >= 4 is 39.1 Å². The molecule has 2 N–H and O–H groups in total. The van der Waals surface area contributed by atoms with Crippen molar-refractivity contribution < 1.29 is 14.7 Å². The maximum absolute atomic E-state index is 12.1. The number of aliphatic carboxylic acids is 1. The zero-order valence-corrected chi connectivity index (χ0v) is 13.0. The Labute approximate surface area is 124 Å². The quantitative estimate of drug-likeness (QED) is 0.881. The first-order chi connectivity index (χ1) is 8.99. The normalized spacial score (nSPS) is 26.3. The first-order valence-electron chi connectivity index (χ1n) is 6.21. The molecule has 1 saturated carbocycles. The fourth-order valence-electron chi connectivity index (χ4n) is 2.60. The summed E-state index contributed by atoms with van der Waals surface area (Å²) in [5.74, 6) is -1.64. The Balaban J connectivity index is 1.96. The topological polar surface area (TPSA) is 66.4 Å². The molecule has 0 spiro atoms. The van der Waals surface area contributed by atoms with Crippen LogP contribution in [0.1, 0.15) is 24.6 Å². The van der Waals surface area contributed by atoms with Crippen LogP contribution in [-0.4, -0.2) is 17.0 Å². The standard InChI is InChI=1S/C13H16BrNO3S/c1-7-4-8(9(5-7)13(17)18)12(16)15-6-11-10(14)2-3-19-11/h2-3,7-9H,4-6H2,1H3,(H,15,16)(H,17,18)/t7?,8-,9+/m0/s1. The molecular formula is C13H16BrNO3S. The molecule has 0 aromatic carbocycles. The number of amides is 1. The monoisotopic (exact) mass is 345 g/mol. The molecule has 1 aliphatic rings. The lowest BCUT2D eigenvalue weighted by atomic mass is 9.95. The molecule has 1 aromatic rings. The first kappa shape index (κ1) is 14.5. The molecule has 0 bridgehead atoms. The summed E-state index contributed by atoms with van der Waals surface area (Å²) in [6.07, 6.45) is 1.25. The molecule has 104 valence electrons. The lowest BCUT2D eigenvalue weighted by molar-refractivity contribution is -0.146. The van der Waals surface area contributed by atoms with Gasteiger partial charge in [0.15, 0.2) is 0 Å². The number of hydrogen-bond donors (Lipinski definition) is 2. The van der Waals surface area contributed by atoms with Crippen molar-refractivity contribution in [2.75, 3.05) is 0 Å². The number of nitrogens with one attached hydrogen (secondary N) is 1. The molecular weight excluding hydrogens is 330 g/mol. The summed E-state index contributed by atoms with van der Waals surface area (Å²) in [7, 11) is 0. The van der Waals surface area contributed by atoms with Crippen LogP contribution in [0, 0.1) is 17.8 Å². The molecule has 1 aliphatic carbocycles. The number of hydrogen-bond acceptors (Lipinski definition) is 3. The van der Waals surface area contributed by atoms with Gasteiger partial charge >= 0.3 is 5.97 Å². The Hall–Kier alpha value is -0.880. The summed E-state index contributed by atoms with van der Waals surface area (Å²) in [5.41, 5.74) is 0. The lowest BCUT2D eigenvalue weighted by Crippen LogP contribution is -2.34. The summed E-state index contributed by atoms with van der Waals surface area (Å²) >= 11 is 4.97. The van der Waals surface area contributed by atoms with Crippen molar-refractivity contribution in [3.8, 4) is 0 Å². The molecule has 1 aromatic heterocycles. The zero-order chi connectivity index (χ0) is 14.0. The third-order valence-corrected chi connectivity index (χ3v) is 5.49. The van der Waals surface area contributed by atoms with Gasteiger partial charge in [-0.25, -0.2) is 0 Å². The van der Waals surface area contributed by atoms with Gasteiger partial charge in [0.1, 0.15) is 0 Å². The van der Waals surface area contributed by atoms with E-state index in [9.17, 15) is 9.59 Å². The minimum atomic E-state index is -0.859. The van der Waals surface area contributed by atoms with Gasteiger partial charge in [-0.15, -0.1) is 11.3 Å². The van der Waals surface area contributed by atoms with Crippen LogP contribution in [0.25, 0.3) is 0 Å². The van der Waals surface area contributed by atoms with Gasteiger partial charge in [-0.2, -0.15) is 0 Å². The molecule has 1 heterocycles. The fraction of sp³-hybridized carbons (Fsp3) is 0.538. The molecule has 2 rings (SSSR count). The predicted octanol–water partition coefficient (Wildman–Crippen LogP) is 2.87. The number of carbonyl (C=O) groups excluding carboxylic acids is 1. The summed E-state index contributed by atoms with van der Waals surface area (Å²) in [6.45, 7) is 2.45. The van der Waals surface area contributed by atoms with Crippen LogP contribution < -0.4 is 5.32 Å². The van der Waals surface area contributed by atoms with Gasteiger partial charge < -0.3 is 10.4 Å². The molecule has 0 aliphatic heterocycles. The minimum Gasteiger partial charge on any atom is -0.481 e. The van der Waals surface area contributed by atoms with E-state index < -0.39 is 17.8 Å². The first-order valence-corrected chi connectivity index (χ1v) is 7.88. The molecule has 0 radical (unpaired) electrons.